The van der Waals surface area contributed by atoms with Crippen molar-refractivity contribution in [3.05, 3.63) is 53.6 Å². The van der Waals surface area contributed by atoms with E-state index in [-0.39, 0.29) is 36.1 Å². The Morgan fingerprint density at radius 2 is 1.73 bits per heavy atom. The summed E-state index contributed by atoms with van der Waals surface area (Å²) in [4.78, 5) is 14.9. The zero-order valence-electron chi connectivity index (χ0n) is 16.8. The first kappa shape index (κ1) is 21.2. The molecule has 1 amide bonds. The molecule has 0 radical (unpaired) electrons. The zero-order chi connectivity index (χ0) is 21.1. The summed E-state index contributed by atoms with van der Waals surface area (Å²) >= 11 is 6.40. The number of carbonyl (C=O) groups is 1. The Morgan fingerprint density at radius 1 is 1.00 bits per heavy atom. The number of hydrogen-bond donors (Lipinski definition) is 0. The lowest BCUT2D eigenvalue weighted by atomic mass is 10.1. The number of carbonyl (C=O) groups excluding carboxylic acids is 1. The van der Waals surface area contributed by atoms with E-state index in [4.69, 9.17) is 16.3 Å². The predicted octanol–water partition coefficient (Wildman–Crippen LogP) is 4.34. The SMILES string of the molecule is O=C(COc1ccc(-c2ccccc2)cc1Cl)N(C1CCCC1)[C@H]1CCS(=O)(=O)C1. The molecule has 1 aliphatic heterocycles. The van der Waals surface area contributed by atoms with Crippen LogP contribution in [0.4, 0.5) is 0 Å². The molecule has 2 aromatic carbocycles. The van der Waals surface area contributed by atoms with Gasteiger partial charge in [0.15, 0.2) is 16.4 Å². The Kier molecular flexibility index (Phi) is 6.34. The average molecular weight is 448 g/mol. The summed E-state index contributed by atoms with van der Waals surface area (Å²) in [6.45, 7) is -0.141. The number of ether oxygens (including phenoxy) is 1. The highest BCUT2D eigenvalue weighted by atomic mass is 35.5. The molecule has 0 unspecified atom stereocenters. The third kappa shape index (κ3) is 4.81. The van der Waals surface area contributed by atoms with E-state index in [1.165, 1.54) is 0 Å². The molecule has 5 nitrogen and oxygen atoms in total. The van der Waals surface area contributed by atoms with Crippen molar-refractivity contribution in [2.75, 3.05) is 18.1 Å². The van der Waals surface area contributed by atoms with Crippen molar-refractivity contribution in [3.63, 3.8) is 0 Å². The lowest BCUT2D eigenvalue weighted by Crippen LogP contribution is -2.48. The van der Waals surface area contributed by atoms with E-state index < -0.39 is 9.84 Å². The molecule has 30 heavy (non-hydrogen) atoms. The normalized spacial score (nSPS) is 20.9. The van der Waals surface area contributed by atoms with Crippen LogP contribution in [0.3, 0.4) is 0 Å². The minimum absolute atomic E-state index is 0.0573. The van der Waals surface area contributed by atoms with Gasteiger partial charge in [-0.2, -0.15) is 0 Å². The fourth-order valence-electron chi connectivity index (χ4n) is 4.52. The fourth-order valence-corrected chi connectivity index (χ4v) is 6.47. The maximum absolute atomic E-state index is 13.1. The number of halogens is 1. The van der Waals surface area contributed by atoms with Gasteiger partial charge in [-0.3, -0.25) is 4.79 Å². The van der Waals surface area contributed by atoms with Gasteiger partial charge in [-0.1, -0.05) is 60.8 Å². The number of rotatable bonds is 6. The molecule has 0 spiro atoms. The van der Waals surface area contributed by atoms with Crippen LogP contribution in [0.5, 0.6) is 5.75 Å². The fraction of sp³-hybridized carbons (Fsp3) is 0.435. The lowest BCUT2D eigenvalue weighted by Gasteiger charge is -2.34. The molecular weight excluding hydrogens is 422 g/mol. The molecule has 1 saturated carbocycles. The molecule has 1 atom stereocenters. The Hall–Kier alpha value is -2.05. The molecule has 1 heterocycles. The molecule has 1 aliphatic carbocycles. The van der Waals surface area contributed by atoms with Crippen molar-refractivity contribution in [3.8, 4) is 16.9 Å². The second-order valence-corrected chi connectivity index (χ2v) is 10.7. The van der Waals surface area contributed by atoms with E-state index in [0.29, 0.717) is 17.2 Å². The molecule has 1 saturated heterocycles. The first-order chi connectivity index (χ1) is 14.4. The van der Waals surface area contributed by atoms with Gasteiger partial charge in [0.2, 0.25) is 0 Å². The van der Waals surface area contributed by atoms with Crippen molar-refractivity contribution in [2.24, 2.45) is 0 Å². The summed E-state index contributed by atoms with van der Waals surface area (Å²) < 4.78 is 29.7. The van der Waals surface area contributed by atoms with Gasteiger partial charge in [-0.15, -0.1) is 0 Å². The third-order valence-corrected chi connectivity index (χ3v) is 8.04. The molecule has 0 aromatic heterocycles. The summed E-state index contributed by atoms with van der Waals surface area (Å²) in [5, 5.41) is 0.444. The number of amides is 1. The molecule has 7 heteroatoms. The van der Waals surface area contributed by atoms with E-state index in [0.717, 1.165) is 36.8 Å². The molecule has 0 bridgehead atoms. The van der Waals surface area contributed by atoms with Crippen LogP contribution in [0.15, 0.2) is 48.5 Å². The van der Waals surface area contributed by atoms with Gasteiger partial charge in [0.1, 0.15) is 5.75 Å². The monoisotopic (exact) mass is 447 g/mol. The van der Waals surface area contributed by atoms with E-state index in [2.05, 4.69) is 0 Å². The summed E-state index contributed by atoms with van der Waals surface area (Å²) in [5.41, 5.74) is 2.03. The van der Waals surface area contributed by atoms with Gasteiger partial charge < -0.3 is 9.64 Å². The Labute approximate surface area is 182 Å². The van der Waals surface area contributed by atoms with Gasteiger partial charge in [-0.25, -0.2) is 8.42 Å². The van der Waals surface area contributed by atoms with Crippen LogP contribution < -0.4 is 4.74 Å². The van der Waals surface area contributed by atoms with E-state index in [9.17, 15) is 13.2 Å². The van der Waals surface area contributed by atoms with Crippen molar-refractivity contribution in [1.29, 1.82) is 0 Å². The number of hydrogen-bond acceptors (Lipinski definition) is 4. The van der Waals surface area contributed by atoms with Crippen molar-refractivity contribution in [1.82, 2.24) is 4.90 Å². The molecular formula is C23H26ClNO4S. The minimum Gasteiger partial charge on any atom is -0.482 e. The van der Waals surface area contributed by atoms with Gasteiger partial charge in [-0.05, 0) is 42.5 Å². The molecule has 2 aliphatic rings. The molecule has 4 rings (SSSR count). The molecule has 2 fully saturated rings. The Balaban J connectivity index is 1.45. The molecule has 0 N–H and O–H groups in total. The Bertz CT molecular complexity index is 1000. The van der Waals surface area contributed by atoms with Crippen LogP contribution in [0, 0.1) is 0 Å². The Morgan fingerprint density at radius 3 is 2.37 bits per heavy atom. The second kappa shape index (κ2) is 8.98. The van der Waals surface area contributed by atoms with Gasteiger partial charge >= 0.3 is 0 Å². The summed E-state index contributed by atoms with van der Waals surface area (Å²) in [6, 6.07) is 15.3. The number of sulfone groups is 1. The zero-order valence-corrected chi connectivity index (χ0v) is 18.4. The van der Waals surface area contributed by atoms with Crippen LogP contribution in [0.1, 0.15) is 32.1 Å². The maximum atomic E-state index is 13.1. The predicted molar refractivity (Wildman–Crippen MR) is 119 cm³/mol. The van der Waals surface area contributed by atoms with Crippen molar-refractivity contribution >= 4 is 27.3 Å². The first-order valence-corrected chi connectivity index (χ1v) is 12.6. The van der Waals surface area contributed by atoms with E-state index in [1.54, 1.807) is 11.0 Å². The largest absolute Gasteiger partial charge is 0.482 e. The van der Waals surface area contributed by atoms with Crippen LogP contribution in [-0.2, 0) is 14.6 Å². The van der Waals surface area contributed by atoms with Crippen LogP contribution in [-0.4, -0.2) is 49.4 Å². The smallest absolute Gasteiger partial charge is 0.261 e. The highest BCUT2D eigenvalue weighted by Crippen LogP contribution is 2.32. The minimum atomic E-state index is -3.06. The van der Waals surface area contributed by atoms with E-state index >= 15 is 0 Å². The summed E-state index contributed by atoms with van der Waals surface area (Å²) in [5.74, 6) is 0.506. The second-order valence-electron chi connectivity index (χ2n) is 8.10. The van der Waals surface area contributed by atoms with Gasteiger partial charge in [0.25, 0.3) is 5.91 Å². The number of benzene rings is 2. The van der Waals surface area contributed by atoms with Gasteiger partial charge in [0, 0.05) is 12.1 Å². The summed E-state index contributed by atoms with van der Waals surface area (Å²) in [7, 11) is -3.06. The number of nitrogens with zero attached hydrogens (tertiary/aromatic N) is 1. The quantitative estimate of drug-likeness (QED) is 0.660. The van der Waals surface area contributed by atoms with Crippen LogP contribution in [0.2, 0.25) is 5.02 Å². The highest BCUT2D eigenvalue weighted by molar-refractivity contribution is 7.91. The van der Waals surface area contributed by atoms with Crippen LogP contribution >= 0.6 is 11.6 Å². The van der Waals surface area contributed by atoms with Crippen LogP contribution in [0.25, 0.3) is 11.1 Å². The standard InChI is InChI=1S/C23H26ClNO4S/c24-21-14-18(17-6-2-1-3-7-17)10-11-22(21)29-15-23(26)25(19-8-4-5-9-19)20-12-13-30(27,28)16-20/h1-3,6-7,10-11,14,19-20H,4-5,8-9,12-13,15-16H2/t20-/m0/s1. The van der Waals surface area contributed by atoms with Gasteiger partial charge in [0.05, 0.1) is 16.5 Å². The third-order valence-electron chi connectivity index (χ3n) is 6.00. The topological polar surface area (TPSA) is 63.7 Å². The van der Waals surface area contributed by atoms with Crippen molar-refractivity contribution in [2.45, 2.75) is 44.2 Å². The molecule has 160 valence electrons. The molecule has 2 aromatic rings. The lowest BCUT2D eigenvalue weighted by molar-refractivity contribution is -0.137. The first-order valence-electron chi connectivity index (χ1n) is 10.4. The highest BCUT2D eigenvalue weighted by Gasteiger charge is 2.39. The maximum Gasteiger partial charge on any atom is 0.261 e. The summed E-state index contributed by atoms with van der Waals surface area (Å²) in [6.07, 6.45) is 4.50. The van der Waals surface area contributed by atoms with Crippen molar-refractivity contribution < 1.29 is 17.9 Å². The average Bonchev–Trinajstić information content (AvgIpc) is 3.38. The van der Waals surface area contributed by atoms with E-state index in [1.807, 2.05) is 42.5 Å².